The molecule has 1 aromatic rings. The molecule has 4 nitrogen and oxygen atoms in total. The number of anilines is 1. The first-order valence-electron chi connectivity index (χ1n) is 8.05. The van der Waals surface area contributed by atoms with Gasteiger partial charge in [-0.3, -0.25) is 4.79 Å². The van der Waals surface area contributed by atoms with Crippen LogP contribution in [-0.4, -0.2) is 43.0 Å². The van der Waals surface area contributed by atoms with Gasteiger partial charge >= 0.3 is 0 Å². The van der Waals surface area contributed by atoms with Crippen molar-refractivity contribution in [3.63, 3.8) is 0 Å². The largest absolute Gasteiger partial charge is 0.382 e. The summed E-state index contributed by atoms with van der Waals surface area (Å²) in [6.45, 7) is 2.49. The molecule has 4 heteroatoms. The number of para-hydroxylation sites is 1. The van der Waals surface area contributed by atoms with E-state index in [1.165, 1.54) is 38.8 Å². The molecule has 2 fully saturated rings. The fourth-order valence-electron chi connectivity index (χ4n) is 3.65. The number of nitrogens with zero attached hydrogens (tertiary/aromatic N) is 1. The average molecular weight is 287 g/mol. The number of rotatable bonds is 4. The summed E-state index contributed by atoms with van der Waals surface area (Å²) in [6.07, 6.45) is 5.57. The van der Waals surface area contributed by atoms with Crippen molar-refractivity contribution in [3.05, 3.63) is 29.8 Å². The van der Waals surface area contributed by atoms with Crippen molar-refractivity contribution in [2.45, 2.75) is 44.2 Å². The molecule has 21 heavy (non-hydrogen) atoms. The van der Waals surface area contributed by atoms with Crippen molar-refractivity contribution in [3.8, 4) is 0 Å². The summed E-state index contributed by atoms with van der Waals surface area (Å²) in [6, 6.07) is 9.49. The Kier molecular flexibility index (Phi) is 4.44. The van der Waals surface area contributed by atoms with E-state index >= 15 is 0 Å². The minimum atomic E-state index is 0.0647. The van der Waals surface area contributed by atoms with Gasteiger partial charge in [-0.15, -0.1) is 0 Å². The summed E-state index contributed by atoms with van der Waals surface area (Å²) in [5, 5.41) is 6.39. The third-order valence-corrected chi connectivity index (χ3v) is 4.83. The summed E-state index contributed by atoms with van der Waals surface area (Å²) >= 11 is 0. The van der Waals surface area contributed by atoms with E-state index in [-0.39, 0.29) is 5.91 Å². The van der Waals surface area contributed by atoms with Crippen molar-refractivity contribution in [1.29, 1.82) is 0 Å². The van der Waals surface area contributed by atoms with Gasteiger partial charge in [0.1, 0.15) is 0 Å². The van der Waals surface area contributed by atoms with Crippen LogP contribution < -0.4 is 10.6 Å². The molecule has 0 aromatic heterocycles. The number of hydrogen-bond donors (Lipinski definition) is 2. The number of nitrogens with one attached hydrogen (secondary N) is 2. The van der Waals surface area contributed by atoms with Gasteiger partial charge in [-0.2, -0.15) is 0 Å². The Bertz CT molecular complexity index is 503. The topological polar surface area (TPSA) is 44.4 Å². The first kappa shape index (κ1) is 14.4. The Balaban J connectivity index is 1.65. The summed E-state index contributed by atoms with van der Waals surface area (Å²) < 4.78 is 0. The predicted molar refractivity (Wildman–Crippen MR) is 85.5 cm³/mol. The van der Waals surface area contributed by atoms with Crippen LogP contribution in [0.25, 0.3) is 0 Å². The number of piperidine rings is 1. The monoisotopic (exact) mass is 287 g/mol. The third kappa shape index (κ3) is 3.38. The molecule has 0 aliphatic carbocycles. The van der Waals surface area contributed by atoms with Crippen LogP contribution in [0.2, 0.25) is 0 Å². The Labute approximate surface area is 126 Å². The molecule has 0 spiro atoms. The molecule has 2 saturated heterocycles. The molecule has 2 N–H and O–H groups in total. The second-order valence-electron chi connectivity index (χ2n) is 6.20. The lowest BCUT2D eigenvalue weighted by atomic mass is 9.96. The zero-order valence-electron chi connectivity index (χ0n) is 12.8. The molecule has 114 valence electrons. The number of carbonyl (C=O) groups is 1. The van der Waals surface area contributed by atoms with E-state index in [0.29, 0.717) is 12.5 Å². The highest BCUT2D eigenvalue weighted by atomic mass is 16.1. The van der Waals surface area contributed by atoms with E-state index in [1.54, 1.807) is 7.05 Å². The Hall–Kier alpha value is -1.55. The Morgan fingerprint density at radius 1 is 1.29 bits per heavy atom. The molecule has 3 rings (SSSR count). The Morgan fingerprint density at radius 2 is 2.14 bits per heavy atom. The smallest absolute Gasteiger partial charge is 0.224 e. The number of fused-ring (bicyclic) bond motifs is 1. The normalized spacial score (nSPS) is 25.4. The lowest BCUT2D eigenvalue weighted by Crippen LogP contribution is -2.42. The maximum absolute atomic E-state index is 11.6. The van der Waals surface area contributed by atoms with Gasteiger partial charge in [0.2, 0.25) is 5.91 Å². The standard InChI is InChI=1S/C17H25N3O/c1-18-17(21)11-13-5-2-3-7-16(13)19-14-8-10-20-9-4-6-15(20)12-14/h2-3,5,7,14-15,19H,4,6,8-12H2,1H3,(H,18,21). The number of benzene rings is 1. The van der Waals surface area contributed by atoms with E-state index in [0.717, 1.165) is 17.3 Å². The Morgan fingerprint density at radius 3 is 3.00 bits per heavy atom. The van der Waals surface area contributed by atoms with Gasteiger partial charge in [-0.1, -0.05) is 18.2 Å². The third-order valence-electron chi connectivity index (χ3n) is 4.83. The molecule has 2 atom stereocenters. The minimum Gasteiger partial charge on any atom is -0.382 e. The van der Waals surface area contributed by atoms with Crippen LogP contribution in [0.4, 0.5) is 5.69 Å². The van der Waals surface area contributed by atoms with Gasteiger partial charge in [0.05, 0.1) is 6.42 Å². The zero-order valence-corrected chi connectivity index (χ0v) is 12.8. The quantitative estimate of drug-likeness (QED) is 0.890. The molecule has 0 saturated carbocycles. The fraction of sp³-hybridized carbons (Fsp3) is 0.588. The van der Waals surface area contributed by atoms with Crippen LogP contribution >= 0.6 is 0 Å². The number of carbonyl (C=O) groups excluding carboxylic acids is 1. The van der Waals surface area contributed by atoms with E-state index in [2.05, 4.69) is 21.6 Å². The lowest BCUT2D eigenvalue weighted by Gasteiger charge is -2.36. The molecule has 1 aromatic carbocycles. The number of likely N-dealkylation sites (N-methyl/N-ethyl adjacent to an activating group) is 1. The van der Waals surface area contributed by atoms with E-state index in [1.807, 2.05) is 18.2 Å². The highest BCUT2D eigenvalue weighted by Gasteiger charge is 2.31. The van der Waals surface area contributed by atoms with E-state index in [4.69, 9.17) is 0 Å². The summed E-state index contributed by atoms with van der Waals surface area (Å²) in [5.41, 5.74) is 2.21. The van der Waals surface area contributed by atoms with Crippen LogP contribution in [0.5, 0.6) is 0 Å². The highest BCUT2D eigenvalue weighted by Crippen LogP contribution is 2.29. The van der Waals surface area contributed by atoms with Crippen molar-refractivity contribution < 1.29 is 4.79 Å². The molecule has 2 aliphatic heterocycles. The second-order valence-corrected chi connectivity index (χ2v) is 6.20. The van der Waals surface area contributed by atoms with E-state index < -0.39 is 0 Å². The molecule has 0 radical (unpaired) electrons. The molecule has 2 aliphatic rings. The highest BCUT2D eigenvalue weighted by molar-refractivity contribution is 5.80. The molecule has 2 heterocycles. The fourth-order valence-corrected chi connectivity index (χ4v) is 3.65. The average Bonchev–Trinajstić information content (AvgIpc) is 2.96. The van der Waals surface area contributed by atoms with E-state index in [9.17, 15) is 4.79 Å². The van der Waals surface area contributed by atoms with Crippen molar-refractivity contribution >= 4 is 11.6 Å². The summed E-state index contributed by atoms with van der Waals surface area (Å²) in [4.78, 5) is 14.3. The molecular formula is C17H25N3O. The molecule has 1 amide bonds. The second kappa shape index (κ2) is 6.48. The maximum Gasteiger partial charge on any atom is 0.224 e. The maximum atomic E-state index is 11.6. The lowest BCUT2D eigenvalue weighted by molar-refractivity contribution is -0.119. The summed E-state index contributed by atoms with van der Waals surface area (Å²) in [7, 11) is 1.69. The van der Waals surface area contributed by atoms with Gasteiger partial charge < -0.3 is 15.5 Å². The predicted octanol–water partition coefficient (Wildman–Crippen LogP) is 2.01. The SMILES string of the molecule is CNC(=O)Cc1ccccc1NC1CCN2CCCC2C1. The van der Waals surface area contributed by atoms with Crippen LogP contribution in [0.15, 0.2) is 24.3 Å². The van der Waals surface area contributed by atoms with Gasteiger partial charge in [-0.25, -0.2) is 0 Å². The van der Waals surface area contributed by atoms with Gasteiger partial charge in [0.15, 0.2) is 0 Å². The van der Waals surface area contributed by atoms with Crippen LogP contribution in [-0.2, 0) is 11.2 Å². The van der Waals surface area contributed by atoms with Crippen molar-refractivity contribution in [2.75, 3.05) is 25.5 Å². The molecular weight excluding hydrogens is 262 g/mol. The van der Waals surface area contributed by atoms with Crippen LogP contribution in [0.1, 0.15) is 31.2 Å². The van der Waals surface area contributed by atoms with Crippen LogP contribution in [0, 0.1) is 0 Å². The van der Waals surface area contributed by atoms with Gasteiger partial charge in [0.25, 0.3) is 0 Å². The van der Waals surface area contributed by atoms with Crippen molar-refractivity contribution in [1.82, 2.24) is 10.2 Å². The molecule has 0 bridgehead atoms. The van der Waals surface area contributed by atoms with Gasteiger partial charge in [-0.05, 0) is 43.9 Å². The first-order valence-corrected chi connectivity index (χ1v) is 8.05. The molecule has 2 unspecified atom stereocenters. The van der Waals surface area contributed by atoms with Crippen LogP contribution in [0.3, 0.4) is 0 Å². The first-order chi connectivity index (χ1) is 10.3. The zero-order chi connectivity index (χ0) is 14.7. The van der Waals surface area contributed by atoms with Crippen molar-refractivity contribution in [2.24, 2.45) is 0 Å². The summed E-state index contributed by atoms with van der Waals surface area (Å²) in [5.74, 6) is 0.0647. The number of hydrogen-bond acceptors (Lipinski definition) is 3. The minimum absolute atomic E-state index is 0.0647. The van der Waals surface area contributed by atoms with Gasteiger partial charge in [0, 0.05) is 31.4 Å². The number of amides is 1.